The van der Waals surface area contributed by atoms with E-state index in [0.29, 0.717) is 12.0 Å². The number of amides is 2. The van der Waals surface area contributed by atoms with Gasteiger partial charge in [-0.3, -0.25) is 19.7 Å². The second-order valence-electron chi connectivity index (χ2n) is 8.96. The number of aromatic nitrogens is 5. The van der Waals surface area contributed by atoms with Crippen LogP contribution in [-0.2, 0) is 14.3 Å². The highest BCUT2D eigenvalue weighted by molar-refractivity contribution is 6.42. The summed E-state index contributed by atoms with van der Waals surface area (Å²) in [5.41, 5.74) is 0.0599. The normalized spacial score (nSPS) is 13.0. The number of nitrogens with zero attached hydrogens (tertiary/aromatic N) is 4. The topological polar surface area (TPSA) is 165 Å². The van der Waals surface area contributed by atoms with Crippen molar-refractivity contribution in [2.75, 3.05) is 5.32 Å². The molecule has 35 heavy (non-hydrogen) atoms. The van der Waals surface area contributed by atoms with Gasteiger partial charge in [0.25, 0.3) is 11.8 Å². The van der Waals surface area contributed by atoms with Crippen LogP contribution in [0.25, 0.3) is 11.5 Å². The third kappa shape index (κ3) is 6.95. The molecular formula is C23H29N7O5. The number of pyridine rings is 1. The summed E-state index contributed by atoms with van der Waals surface area (Å²) >= 11 is 0. The minimum atomic E-state index is -1.07. The fourth-order valence-electron chi connectivity index (χ4n) is 3.18. The highest BCUT2D eigenvalue weighted by Gasteiger charge is 2.36. The first-order valence-electron chi connectivity index (χ1n) is 11.2. The predicted octanol–water partition coefficient (Wildman–Crippen LogP) is 3.43. The Balaban J connectivity index is 1.72. The van der Waals surface area contributed by atoms with Crippen molar-refractivity contribution in [2.24, 2.45) is 5.41 Å². The number of Topliss-reactive ketones (excluding diaryl/α,β-unsaturated/α-hetero) is 1. The molecule has 0 aliphatic carbocycles. The molecule has 0 bridgehead atoms. The molecule has 0 radical (unpaired) electrons. The van der Waals surface area contributed by atoms with Gasteiger partial charge in [-0.2, -0.15) is 5.10 Å². The fourth-order valence-corrected chi connectivity index (χ4v) is 3.18. The van der Waals surface area contributed by atoms with Crippen LogP contribution in [0.4, 0.5) is 10.6 Å². The zero-order chi connectivity index (χ0) is 25.4. The molecular weight excluding hydrogens is 454 g/mol. The van der Waals surface area contributed by atoms with Gasteiger partial charge in [0.05, 0.1) is 6.20 Å². The molecule has 0 saturated heterocycles. The number of ketones is 1. The van der Waals surface area contributed by atoms with Crippen molar-refractivity contribution in [3.05, 3.63) is 42.7 Å². The van der Waals surface area contributed by atoms with Gasteiger partial charge in [-0.05, 0) is 18.6 Å². The number of unbranched alkanes of at least 4 members (excludes halogenated alkanes) is 1. The third-order valence-electron chi connectivity index (χ3n) is 5.03. The molecule has 2 atom stereocenters. The molecule has 0 aromatic carbocycles. The second kappa shape index (κ2) is 11.4. The van der Waals surface area contributed by atoms with Crippen molar-refractivity contribution in [2.45, 2.75) is 59.1 Å². The third-order valence-corrected chi connectivity index (χ3v) is 5.03. The van der Waals surface area contributed by atoms with Crippen LogP contribution in [0.2, 0.25) is 0 Å². The van der Waals surface area contributed by atoms with Gasteiger partial charge in [0.2, 0.25) is 11.7 Å². The zero-order valence-corrected chi connectivity index (χ0v) is 20.1. The monoisotopic (exact) mass is 483 g/mol. The van der Waals surface area contributed by atoms with Gasteiger partial charge >= 0.3 is 6.09 Å². The van der Waals surface area contributed by atoms with Crippen LogP contribution in [0.5, 0.6) is 0 Å². The number of H-pyrrole nitrogens is 1. The summed E-state index contributed by atoms with van der Waals surface area (Å²) in [6, 6.07) is 3.87. The fraction of sp³-hybridized carbons (Fsp3) is 0.435. The van der Waals surface area contributed by atoms with E-state index in [4.69, 9.17) is 9.15 Å². The summed E-state index contributed by atoms with van der Waals surface area (Å²) in [5.74, 6) is -1.04. The average molecular weight is 484 g/mol. The number of aromatic amines is 1. The lowest BCUT2D eigenvalue weighted by Crippen LogP contribution is -2.46. The smallest absolute Gasteiger partial charge is 0.408 e. The standard InChI is InChI=1S/C23H29N7O5/c1-5-6-7-15(17(31)19(32)27-16-10-13-25-28-16)26-22(33)34-18(23(2,3)4)21-30-29-20(35-21)14-8-11-24-12-9-14/h8-13,15,18H,5-7H2,1-4H3,(H,26,33)(H2,25,27,28,32)/t15-,18+/m0/s1. The lowest BCUT2D eigenvalue weighted by Gasteiger charge is -2.28. The number of rotatable bonds is 10. The Labute approximate surface area is 202 Å². The van der Waals surface area contributed by atoms with Crippen LogP contribution in [0.1, 0.15) is 59.0 Å². The van der Waals surface area contributed by atoms with E-state index >= 15 is 0 Å². The summed E-state index contributed by atoms with van der Waals surface area (Å²) in [4.78, 5) is 42.0. The number of nitrogens with one attached hydrogen (secondary N) is 3. The lowest BCUT2D eigenvalue weighted by molar-refractivity contribution is -0.136. The molecule has 0 fully saturated rings. The zero-order valence-electron chi connectivity index (χ0n) is 20.1. The number of hydrogen-bond acceptors (Lipinski definition) is 9. The van der Waals surface area contributed by atoms with Crippen LogP contribution < -0.4 is 10.6 Å². The Morgan fingerprint density at radius 1 is 1.11 bits per heavy atom. The van der Waals surface area contributed by atoms with Gasteiger partial charge < -0.3 is 19.8 Å². The maximum absolute atomic E-state index is 12.8. The highest BCUT2D eigenvalue weighted by Crippen LogP contribution is 2.36. The largest absolute Gasteiger partial charge is 0.436 e. The Morgan fingerprint density at radius 3 is 2.49 bits per heavy atom. The molecule has 0 spiro atoms. The van der Waals surface area contributed by atoms with E-state index in [1.54, 1.807) is 24.5 Å². The van der Waals surface area contributed by atoms with Crippen LogP contribution in [0.15, 0.2) is 41.2 Å². The van der Waals surface area contributed by atoms with E-state index in [0.717, 1.165) is 6.42 Å². The number of hydrogen-bond donors (Lipinski definition) is 3. The van der Waals surface area contributed by atoms with Gasteiger partial charge in [0, 0.05) is 29.4 Å². The van der Waals surface area contributed by atoms with Gasteiger partial charge in [0.1, 0.15) is 11.9 Å². The van der Waals surface area contributed by atoms with E-state index in [1.807, 2.05) is 27.7 Å². The van der Waals surface area contributed by atoms with Gasteiger partial charge in [-0.25, -0.2) is 4.79 Å². The molecule has 3 aromatic heterocycles. The lowest BCUT2D eigenvalue weighted by atomic mass is 9.89. The molecule has 2 amide bonds. The molecule has 0 aliphatic rings. The SMILES string of the molecule is CCCC[C@H](NC(=O)O[C@H](c1nnc(-c2ccncc2)o1)C(C)(C)C)C(=O)C(=O)Nc1ccn[nH]1. The Bertz CT molecular complexity index is 1120. The Kier molecular flexibility index (Phi) is 8.29. The van der Waals surface area contributed by atoms with Crippen molar-refractivity contribution >= 4 is 23.6 Å². The minimum Gasteiger partial charge on any atom is -0.436 e. The van der Waals surface area contributed by atoms with Crippen molar-refractivity contribution in [3.63, 3.8) is 0 Å². The Hall–Kier alpha value is -4.09. The molecule has 0 saturated carbocycles. The summed E-state index contributed by atoms with van der Waals surface area (Å²) in [6.45, 7) is 7.48. The number of alkyl carbamates (subject to hydrolysis) is 1. The Morgan fingerprint density at radius 2 is 1.86 bits per heavy atom. The molecule has 3 heterocycles. The van der Waals surface area contributed by atoms with Gasteiger partial charge in [-0.1, -0.05) is 40.5 Å². The van der Waals surface area contributed by atoms with E-state index in [1.165, 1.54) is 12.3 Å². The summed E-state index contributed by atoms with van der Waals surface area (Å²) < 4.78 is 11.4. The predicted molar refractivity (Wildman–Crippen MR) is 125 cm³/mol. The quantitative estimate of drug-likeness (QED) is 0.366. The van der Waals surface area contributed by atoms with Gasteiger partial charge in [-0.15, -0.1) is 10.2 Å². The average Bonchev–Trinajstić information content (AvgIpc) is 3.52. The molecule has 0 unspecified atom stereocenters. The van der Waals surface area contributed by atoms with Crippen LogP contribution in [-0.4, -0.2) is 49.2 Å². The summed E-state index contributed by atoms with van der Waals surface area (Å²) in [7, 11) is 0. The summed E-state index contributed by atoms with van der Waals surface area (Å²) in [5, 5.41) is 19.3. The van der Waals surface area contributed by atoms with E-state index in [9.17, 15) is 14.4 Å². The van der Waals surface area contributed by atoms with Gasteiger partial charge in [0.15, 0.2) is 6.10 Å². The van der Waals surface area contributed by atoms with Crippen LogP contribution in [0, 0.1) is 5.41 Å². The van der Waals surface area contributed by atoms with Crippen molar-refractivity contribution < 1.29 is 23.5 Å². The minimum absolute atomic E-state index is 0.105. The number of carbonyl (C=O) groups is 3. The van der Waals surface area contributed by atoms with E-state index in [2.05, 4.69) is 36.0 Å². The van der Waals surface area contributed by atoms with Crippen LogP contribution >= 0.6 is 0 Å². The molecule has 3 N–H and O–H groups in total. The molecule has 12 heteroatoms. The van der Waals surface area contributed by atoms with Crippen molar-refractivity contribution in [3.8, 4) is 11.5 Å². The molecule has 0 aliphatic heterocycles. The first-order valence-corrected chi connectivity index (χ1v) is 11.2. The van der Waals surface area contributed by atoms with E-state index < -0.39 is 35.3 Å². The molecule has 12 nitrogen and oxygen atoms in total. The second-order valence-corrected chi connectivity index (χ2v) is 8.96. The first kappa shape index (κ1) is 25.5. The number of anilines is 1. The molecule has 186 valence electrons. The van der Waals surface area contributed by atoms with Crippen molar-refractivity contribution in [1.29, 1.82) is 0 Å². The first-order chi connectivity index (χ1) is 16.7. The number of carbonyl (C=O) groups excluding carboxylic acids is 3. The van der Waals surface area contributed by atoms with Crippen molar-refractivity contribution in [1.82, 2.24) is 30.7 Å². The number of ether oxygens (including phenoxy) is 1. The molecule has 3 rings (SSSR count). The molecule has 3 aromatic rings. The van der Waals surface area contributed by atoms with Crippen LogP contribution in [0.3, 0.4) is 0 Å². The maximum atomic E-state index is 12.8. The van der Waals surface area contributed by atoms with E-state index in [-0.39, 0.29) is 24.0 Å². The summed E-state index contributed by atoms with van der Waals surface area (Å²) in [6.07, 6.45) is 4.51. The maximum Gasteiger partial charge on any atom is 0.408 e. The highest BCUT2D eigenvalue weighted by atomic mass is 16.6.